The third-order valence-corrected chi connectivity index (χ3v) is 6.97. The molecular weight excluding hydrogens is 462 g/mol. The molecule has 178 valence electrons. The van der Waals surface area contributed by atoms with Crippen molar-refractivity contribution in [2.75, 3.05) is 16.8 Å². The van der Waals surface area contributed by atoms with E-state index < -0.39 is 0 Å². The van der Waals surface area contributed by atoms with Crippen LogP contribution >= 0.6 is 11.3 Å². The lowest BCUT2D eigenvalue weighted by Crippen LogP contribution is -2.31. The van der Waals surface area contributed by atoms with Crippen molar-refractivity contribution in [1.82, 2.24) is 29.5 Å². The van der Waals surface area contributed by atoms with Gasteiger partial charge in [0.25, 0.3) is 5.91 Å². The zero-order valence-electron chi connectivity index (χ0n) is 19.8. The Balaban J connectivity index is 1.34. The second-order valence-corrected chi connectivity index (χ2v) is 10.0. The van der Waals surface area contributed by atoms with Gasteiger partial charge in [-0.3, -0.25) is 14.2 Å². The van der Waals surface area contributed by atoms with Crippen LogP contribution in [0.5, 0.6) is 0 Å². The highest BCUT2D eigenvalue weighted by Gasteiger charge is 2.27. The number of thiophene rings is 1. The molecule has 0 aliphatic carbocycles. The number of anilines is 2. The Hall–Kier alpha value is -4.04. The summed E-state index contributed by atoms with van der Waals surface area (Å²) in [6.07, 6.45) is 9.30. The third-order valence-electron chi connectivity index (χ3n) is 5.83. The van der Waals surface area contributed by atoms with Crippen molar-refractivity contribution in [1.29, 1.82) is 5.26 Å². The Morgan fingerprint density at radius 3 is 2.74 bits per heavy atom. The fourth-order valence-corrected chi connectivity index (χ4v) is 5.39. The van der Waals surface area contributed by atoms with E-state index in [1.165, 1.54) is 17.5 Å². The number of carbonyl (C=O) groups is 1. The van der Waals surface area contributed by atoms with Gasteiger partial charge in [0.15, 0.2) is 0 Å². The zero-order valence-corrected chi connectivity index (χ0v) is 20.6. The summed E-state index contributed by atoms with van der Waals surface area (Å²) in [5.74, 6) is 0.849. The lowest BCUT2D eigenvalue weighted by Gasteiger charge is -2.26. The highest BCUT2D eigenvalue weighted by atomic mass is 32.1. The first kappa shape index (κ1) is 22.7. The quantitative estimate of drug-likeness (QED) is 0.442. The van der Waals surface area contributed by atoms with Crippen molar-refractivity contribution >= 4 is 28.2 Å². The number of nitriles is 1. The lowest BCUT2D eigenvalue weighted by atomic mass is 10.0. The summed E-state index contributed by atoms with van der Waals surface area (Å²) >= 11 is 1.43. The largest absolute Gasteiger partial charge is 0.335 e. The third kappa shape index (κ3) is 4.52. The Morgan fingerprint density at radius 1 is 1.26 bits per heavy atom. The number of nitrogens with zero attached hydrogens (tertiary/aromatic N) is 8. The summed E-state index contributed by atoms with van der Waals surface area (Å²) in [4.78, 5) is 25.0. The van der Waals surface area contributed by atoms with Crippen LogP contribution in [-0.2, 0) is 26.6 Å². The molecule has 10 nitrogen and oxygen atoms in total. The molecule has 0 saturated carbocycles. The standard InChI is InChI=1S/C24H25N9OS/c1-15(2)12-33-20(4-6-28-33)16-9-26-24(27-10-16)32-7-5-18-19(8-25)23(35-21(18)14-32)30-22(34)17-11-29-31(3)13-17/h4,6,9-11,13,15H,5,7,12,14H2,1-3H3,(H,30,34). The molecule has 0 unspecified atom stereocenters. The second kappa shape index (κ2) is 9.31. The Bertz CT molecular complexity index is 1410. The van der Waals surface area contributed by atoms with E-state index in [-0.39, 0.29) is 5.91 Å². The van der Waals surface area contributed by atoms with Crippen LogP contribution in [0.25, 0.3) is 11.3 Å². The second-order valence-electron chi connectivity index (χ2n) is 8.91. The molecule has 0 atom stereocenters. The van der Waals surface area contributed by atoms with Gasteiger partial charge in [0, 0.05) is 55.4 Å². The molecule has 5 rings (SSSR count). The molecule has 35 heavy (non-hydrogen) atoms. The molecule has 11 heteroatoms. The van der Waals surface area contributed by atoms with Crippen LogP contribution in [-0.4, -0.2) is 42.0 Å². The van der Waals surface area contributed by atoms with Crippen LogP contribution in [0.1, 0.15) is 40.2 Å². The SMILES string of the molecule is CC(C)Cn1nccc1-c1cnc(N2CCc3c(sc(NC(=O)c4cnn(C)c4)c3C#N)C2)nc1. The molecule has 0 radical (unpaired) electrons. The number of nitrogens with one attached hydrogen (secondary N) is 1. The van der Waals surface area contributed by atoms with E-state index in [1.54, 1.807) is 24.1 Å². The van der Waals surface area contributed by atoms with E-state index in [2.05, 4.69) is 50.3 Å². The Kier molecular flexibility index (Phi) is 6.05. The molecule has 4 aromatic heterocycles. The fourth-order valence-electron chi connectivity index (χ4n) is 4.18. The predicted molar refractivity (Wildman–Crippen MR) is 133 cm³/mol. The highest BCUT2D eigenvalue weighted by Crippen LogP contribution is 2.37. The fraction of sp³-hybridized carbons (Fsp3) is 0.333. The summed E-state index contributed by atoms with van der Waals surface area (Å²) in [6, 6.07) is 4.26. The number of hydrogen-bond donors (Lipinski definition) is 1. The normalized spacial score (nSPS) is 13.1. The smallest absolute Gasteiger partial charge is 0.259 e. The zero-order chi connectivity index (χ0) is 24.5. The van der Waals surface area contributed by atoms with Gasteiger partial charge in [-0.15, -0.1) is 11.3 Å². The topological polar surface area (TPSA) is 118 Å². The first-order chi connectivity index (χ1) is 16.9. The molecule has 5 heterocycles. The van der Waals surface area contributed by atoms with Crippen LogP contribution in [0.3, 0.4) is 0 Å². The maximum atomic E-state index is 12.6. The summed E-state index contributed by atoms with van der Waals surface area (Å²) < 4.78 is 3.55. The number of rotatable bonds is 6. The van der Waals surface area contributed by atoms with Crippen molar-refractivity contribution in [3.8, 4) is 17.3 Å². The van der Waals surface area contributed by atoms with Gasteiger partial charge in [-0.05, 0) is 24.0 Å². The van der Waals surface area contributed by atoms with Gasteiger partial charge in [-0.1, -0.05) is 13.8 Å². The van der Waals surface area contributed by atoms with Gasteiger partial charge >= 0.3 is 0 Å². The van der Waals surface area contributed by atoms with E-state index in [0.29, 0.717) is 47.5 Å². The van der Waals surface area contributed by atoms with Crippen LogP contribution in [0.4, 0.5) is 10.9 Å². The van der Waals surface area contributed by atoms with Crippen molar-refractivity contribution in [3.63, 3.8) is 0 Å². The van der Waals surface area contributed by atoms with E-state index in [0.717, 1.165) is 28.2 Å². The number of amides is 1. The Morgan fingerprint density at radius 2 is 2.06 bits per heavy atom. The summed E-state index contributed by atoms with van der Waals surface area (Å²) in [5, 5.41) is 21.7. The van der Waals surface area contributed by atoms with E-state index in [1.807, 2.05) is 23.1 Å². The van der Waals surface area contributed by atoms with Crippen molar-refractivity contribution < 1.29 is 4.79 Å². The Labute approximate surface area is 206 Å². The molecule has 1 aliphatic heterocycles. The van der Waals surface area contributed by atoms with Gasteiger partial charge in [-0.25, -0.2) is 9.97 Å². The van der Waals surface area contributed by atoms with Gasteiger partial charge in [0.1, 0.15) is 11.1 Å². The monoisotopic (exact) mass is 487 g/mol. The first-order valence-electron chi connectivity index (χ1n) is 11.4. The number of fused-ring (bicyclic) bond motifs is 1. The molecular formula is C24H25N9OS. The number of aryl methyl sites for hydroxylation is 1. The van der Waals surface area contributed by atoms with Gasteiger partial charge < -0.3 is 10.2 Å². The van der Waals surface area contributed by atoms with Crippen LogP contribution in [0, 0.1) is 17.2 Å². The molecule has 4 aromatic rings. The number of carbonyl (C=O) groups excluding carboxylic acids is 1. The average molecular weight is 488 g/mol. The molecule has 0 aromatic carbocycles. The van der Waals surface area contributed by atoms with Gasteiger partial charge in [0.05, 0.1) is 29.6 Å². The van der Waals surface area contributed by atoms with E-state index in [9.17, 15) is 10.1 Å². The van der Waals surface area contributed by atoms with Gasteiger partial charge in [-0.2, -0.15) is 15.5 Å². The molecule has 0 fully saturated rings. The number of hydrogen-bond acceptors (Lipinski definition) is 8. The van der Waals surface area contributed by atoms with Crippen LogP contribution < -0.4 is 10.2 Å². The van der Waals surface area contributed by atoms with Crippen molar-refractivity contribution in [2.24, 2.45) is 13.0 Å². The van der Waals surface area contributed by atoms with Crippen LogP contribution in [0.2, 0.25) is 0 Å². The minimum absolute atomic E-state index is 0.277. The minimum atomic E-state index is -0.277. The van der Waals surface area contributed by atoms with Gasteiger partial charge in [0.2, 0.25) is 5.95 Å². The van der Waals surface area contributed by atoms with E-state index >= 15 is 0 Å². The highest BCUT2D eigenvalue weighted by molar-refractivity contribution is 7.16. The maximum Gasteiger partial charge on any atom is 0.259 e. The minimum Gasteiger partial charge on any atom is -0.335 e. The molecule has 1 amide bonds. The number of aromatic nitrogens is 6. The summed E-state index contributed by atoms with van der Waals surface area (Å²) in [7, 11) is 1.75. The molecule has 1 aliphatic rings. The van der Waals surface area contributed by atoms with E-state index in [4.69, 9.17) is 0 Å². The van der Waals surface area contributed by atoms with Crippen LogP contribution in [0.15, 0.2) is 37.1 Å². The van der Waals surface area contributed by atoms with Crippen molar-refractivity contribution in [3.05, 3.63) is 58.6 Å². The molecule has 0 saturated heterocycles. The lowest BCUT2D eigenvalue weighted by molar-refractivity contribution is 0.102. The summed E-state index contributed by atoms with van der Waals surface area (Å²) in [6.45, 7) is 6.43. The molecule has 0 bridgehead atoms. The first-order valence-corrected chi connectivity index (χ1v) is 12.2. The molecule has 1 N–H and O–H groups in total. The van der Waals surface area contributed by atoms with Crippen molar-refractivity contribution in [2.45, 2.75) is 33.4 Å². The predicted octanol–water partition coefficient (Wildman–Crippen LogP) is 3.48. The maximum absolute atomic E-state index is 12.6. The molecule has 0 spiro atoms. The average Bonchev–Trinajstić information content (AvgIpc) is 3.56. The summed E-state index contributed by atoms with van der Waals surface area (Å²) in [5.41, 5.74) is 3.90.